The van der Waals surface area contributed by atoms with Crippen molar-refractivity contribution < 1.29 is 0 Å². The number of hydrogen-bond acceptors (Lipinski definition) is 4. The van der Waals surface area contributed by atoms with E-state index >= 15 is 0 Å². The van der Waals surface area contributed by atoms with E-state index < -0.39 is 0 Å². The van der Waals surface area contributed by atoms with Gasteiger partial charge in [-0.2, -0.15) is 5.53 Å². The topological polar surface area (TPSA) is 89.1 Å². The highest BCUT2D eigenvalue weighted by molar-refractivity contribution is 6.21. The highest BCUT2D eigenvalue weighted by Gasteiger charge is 2.09. The molecule has 0 fully saturated rings. The van der Waals surface area contributed by atoms with Gasteiger partial charge in [-0.15, -0.1) is 5.10 Å². The highest BCUT2D eigenvalue weighted by atomic mass is 15.3. The van der Waals surface area contributed by atoms with E-state index in [1.165, 1.54) is 0 Å². The van der Waals surface area contributed by atoms with Gasteiger partial charge in [0.05, 0.1) is 5.71 Å². The lowest BCUT2D eigenvalue weighted by atomic mass is 10.0. The minimum Gasteiger partial charge on any atom is -0.185 e. The molecule has 64 valence electrons. The van der Waals surface area contributed by atoms with E-state index in [-0.39, 0.29) is 0 Å². The Morgan fingerprint density at radius 1 is 1.46 bits per heavy atom. The molecule has 0 aliphatic heterocycles. The molecule has 0 heterocycles. The summed E-state index contributed by atoms with van der Waals surface area (Å²) in [6, 6.07) is 0. The van der Waals surface area contributed by atoms with Crippen molar-refractivity contribution >= 4 is 11.4 Å². The Balaban J connectivity index is 2.99. The molecule has 0 radical (unpaired) electrons. The second kappa shape index (κ2) is 4.01. The molecule has 0 amide bonds. The Labute approximate surface area is 74.5 Å². The Morgan fingerprint density at radius 2 is 2.23 bits per heavy atom. The first-order valence-corrected chi connectivity index (χ1v) is 3.51. The van der Waals surface area contributed by atoms with Gasteiger partial charge in [0, 0.05) is 0 Å². The first-order valence-electron chi connectivity index (χ1n) is 3.51. The van der Waals surface area contributed by atoms with E-state index in [2.05, 4.69) is 20.5 Å². The summed E-state index contributed by atoms with van der Waals surface area (Å²) in [5.74, 6) is 0. The van der Waals surface area contributed by atoms with Crippen LogP contribution < -0.4 is 0 Å². The van der Waals surface area contributed by atoms with Crippen LogP contribution in [-0.4, -0.2) is 11.4 Å². The Hall–Kier alpha value is -2.16. The second-order valence-corrected chi connectivity index (χ2v) is 2.36. The van der Waals surface area contributed by atoms with Crippen LogP contribution >= 0.6 is 0 Å². The zero-order valence-electron chi connectivity index (χ0n) is 6.97. The fourth-order valence-electron chi connectivity index (χ4n) is 0.920. The van der Waals surface area contributed by atoms with Gasteiger partial charge in [0.25, 0.3) is 5.39 Å². The molecule has 13 heavy (non-hydrogen) atoms. The maximum Gasteiger partial charge on any atom is 0.339 e. The number of rotatable bonds is 1. The summed E-state index contributed by atoms with van der Waals surface area (Å²) in [5.41, 5.74) is 8.46. The highest BCUT2D eigenvalue weighted by Crippen LogP contribution is 2.07. The largest absolute Gasteiger partial charge is 0.339 e. The van der Waals surface area contributed by atoms with E-state index in [4.69, 9.17) is 10.9 Å². The molecule has 1 N–H and O–H groups in total. The quantitative estimate of drug-likeness (QED) is 0.281. The summed E-state index contributed by atoms with van der Waals surface area (Å²) >= 11 is 0. The number of nitrogens with one attached hydrogen (secondary N) is 1. The monoisotopic (exact) mass is 175 g/mol. The molecule has 0 unspecified atom stereocenters. The molecular formula is C7H7N6+. The molecule has 0 atom stereocenters. The third-order valence-corrected chi connectivity index (χ3v) is 1.50. The van der Waals surface area contributed by atoms with Crippen LogP contribution in [0.2, 0.25) is 0 Å². The lowest BCUT2D eigenvalue weighted by Crippen LogP contribution is -2.04. The van der Waals surface area contributed by atoms with Crippen LogP contribution in [0.3, 0.4) is 0 Å². The van der Waals surface area contributed by atoms with Crippen molar-refractivity contribution in [1.29, 1.82) is 10.9 Å². The standard InChI is InChI=1S/C7H7N6/c1-5-4-6(10-12-8)2-3-7(5)11-13-9/h2-4,8H,1H3/q+1. The van der Waals surface area contributed by atoms with Gasteiger partial charge in [0.1, 0.15) is 0 Å². The normalized spacial score (nSPS) is 21.4. The fraction of sp³-hybridized carbons (Fsp3) is 0.143. The molecule has 0 saturated carbocycles. The average Bonchev–Trinajstić information content (AvgIpc) is 2.10. The third-order valence-electron chi connectivity index (χ3n) is 1.50. The number of hydrogen-bond donors (Lipinski definition) is 1. The van der Waals surface area contributed by atoms with Gasteiger partial charge in [-0.05, 0) is 30.7 Å². The molecule has 1 aliphatic rings. The summed E-state index contributed by atoms with van der Waals surface area (Å²) < 4.78 is 0. The van der Waals surface area contributed by atoms with Crippen molar-refractivity contribution in [3.05, 3.63) is 28.9 Å². The molecule has 0 spiro atoms. The van der Waals surface area contributed by atoms with Crippen molar-refractivity contribution in [1.82, 2.24) is 0 Å². The SMILES string of the molecule is CC1=CC(=NN=N)C=CC1=N[N+]#N. The van der Waals surface area contributed by atoms with E-state index in [1.54, 1.807) is 25.2 Å². The molecule has 1 rings (SSSR count). The lowest BCUT2D eigenvalue weighted by Gasteiger charge is -2.01. The maximum atomic E-state index is 8.20. The average molecular weight is 175 g/mol. The minimum atomic E-state index is 0.562. The number of allylic oxidation sites excluding steroid dienone is 4. The van der Waals surface area contributed by atoms with Gasteiger partial charge in [0.15, 0.2) is 10.8 Å². The van der Waals surface area contributed by atoms with E-state index in [9.17, 15) is 0 Å². The van der Waals surface area contributed by atoms with E-state index in [0.29, 0.717) is 11.4 Å². The molecule has 0 bridgehead atoms. The van der Waals surface area contributed by atoms with Gasteiger partial charge in [-0.3, -0.25) is 0 Å². The Kier molecular flexibility index (Phi) is 2.76. The smallest absolute Gasteiger partial charge is 0.185 e. The van der Waals surface area contributed by atoms with Gasteiger partial charge >= 0.3 is 5.08 Å². The molecule has 0 saturated heterocycles. The first kappa shape index (κ1) is 8.93. The molecule has 0 aromatic rings. The third kappa shape index (κ3) is 2.13. The number of nitrogens with zero attached hydrogens (tertiary/aromatic N) is 5. The summed E-state index contributed by atoms with van der Waals surface area (Å²) in [6.07, 6.45) is 4.97. The molecule has 0 aromatic carbocycles. The van der Waals surface area contributed by atoms with Crippen LogP contribution in [0.1, 0.15) is 6.92 Å². The zero-order valence-corrected chi connectivity index (χ0v) is 6.97. The summed E-state index contributed by atoms with van der Waals surface area (Å²) in [7, 11) is 0. The van der Waals surface area contributed by atoms with Crippen molar-refractivity contribution in [3.8, 4) is 0 Å². The first-order chi connectivity index (χ1) is 6.27. The van der Waals surface area contributed by atoms with Crippen molar-refractivity contribution in [3.63, 3.8) is 0 Å². The zero-order chi connectivity index (χ0) is 9.68. The van der Waals surface area contributed by atoms with Crippen molar-refractivity contribution in [2.75, 3.05) is 0 Å². The maximum absolute atomic E-state index is 8.20. The van der Waals surface area contributed by atoms with Crippen LogP contribution in [-0.2, 0) is 0 Å². The van der Waals surface area contributed by atoms with Gasteiger partial charge in [-0.25, -0.2) is 0 Å². The van der Waals surface area contributed by atoms with Crippen LogP contribution in [0.15, 0.2) is 39.2 Å². The van der Waals surface area contributed by atoms with Gasteiger partial charge in [0.2, 0.25) is 0 Å². The second-order valence-electron chi connectivity index (χ2n) is 2.36. The summed E-state index contributed by atoms with van der Waals surface area (Å²) in [4.78, 5) is 0. The Bertz CT molecular complexity index is 378. The Morgan fingerprint density at radius 3 is 2.77 bits per heavy atom. The van der Waals surface area contributed by atoms with Crippen LogP contribution in [0.4, 0.5) is 0 Å². The molecule has 6 heteroatoms. The fourth-order valence-corrected chi connectivity index (χ4v) is 0.920. The van der Waals surface area contributed by atoms with Crippen molar-refractivity contribution in [2.24, 2.45) is 15.4 Å². The van der Waals surface area contributed by atoms with Gasteiger partial charge in [-0.1, -0.05) is 5.22 Å². The molecular weight excluding hydrogens is 168 g/mol. The predicted octanol–water partition coefficient (Wildman–Crippen LogP) is 2.10. The van der Waals surface area contributed by atoms with E-state index in [0.717, 1.165) is 5.57 Å². The molecule has 1 aliphatic carbocycles. The van der Waals surface area contributed by atoms with Crippen LogP contribution in [0.5, 0.6) is 0 Å². The molecule has 6 nitrogen and oxygen atoms in total. The lowest BCUT2D eigenvalue weighted by molar-refractivity contribution is 0.992. The van der Waals surface area contributed by atoms with Gasteiger partial charge < -0.3 is 0 Å². The van der Waals surface area contributed by atoms with E-state index in [1.807, 2.05) is 0 Å². The number of diazo groups is 1. The van der Waals surface area contributed by atoms with Crippen LogP contribution in [0, 0.1) is 10.9 Å². The molecule has 0 aromatic heterocycles. The summed E-state index contributed by atoms with van der Waals surface area (Å²) in [5, 5.41) is 20.8. The van der Waals surface area contributed by atoms with Crippen molar-refractivity contribution in [2.45, 2.75) is 6.92 Å². The van der Waals surface area contributed by atoms with Crippen LogP contribution in [0.25, 0.3) is 5.08 Å². The summed E-state index contributed by atoms with van der Waals surface area (Å²) in [6.45, 7) is 1.80. The predicted molar refractivity (Wildman–Crippen MR) is 48.0 cm³/mol. The minimum absolute atomic E-state index is 0.562.